The number of methoxy groups -OCH3 is 1. The Morgan fingerprint density at radius 2 is 2.09 bits per heavy atom. The molecular weight excluding hydrogens is 310 g/mol. The number of nitriles is 1. The third-order valence-corrected chi connectivity index (χ3v) is 4.37. The van der Waals surface area contributed by atoms with Crippen LogP contribution in [0.25, 0.3) is 10.1 Å². The van der Waals surface area contributed by atoms with Crippen molar-refractivity contribution in [3.8, 4) is 11.8 Å². The van der Waals surface area contributed by atoms with Crippen molar-refractivity contribution in [2.24, 2.45) is 0 Å². The van der Waals surface area contributed by atoms with Crippen molar-refractivity contribution >= 4 is 33.0 Å². The minimum Gasteiger partial charge on any atom is -0.497 e. The average molecular weight is 323 g/mol. The molecule has 0 aliphatic carbocycles. The summed E-state index contributed by atoms with van der Waals surface area (Å²) in [4.78, 5) is 12.8. The van der Waals surface area contributed by atoms with E-state index in [0.717, 1.165) is 15.8 Å². The number of carbonyl (C=O) groups is 1. The van der Waals surface area contributed by atoms with Crippen LogP contribution in [-0.2, 0) is 0 Å². The number of thiophene rings is 1. The van der Waals surface area contributed by atoms with Gasteiger partial charge in [0, 0.05) is 4.70 Å². The second-order valence-corrected chi connectivity index (χ2v) is 5.87. The zero-order valence-electron chi connectivity index (χ0n) is 12.3. The molecule has 5 nitrogen and oxygen atoms in total. The van der Waals surface area contributed by atoms with Crippen LogP contribution in [0, 0.1) is 11.3 Å². The van der Waals surface area contributed by atoms with Crippen molar-refractivity contribution < 1.29 is 9.53 Å². The third-order valence-electron chi connectivity index (χ3n) is 3.26. The second kappa shape index (κ2) is 6.38. The van der Waals surface area contributed by atoms with Gasteiger partial charge in [-0.3, -0.25) is 15.6 Å². The largest absolute Gasteiger partial charge is 0.497 e. The molecule has 0 bridgehead atoms. The Kier molecular flexibility index (Phi) is 4.13. The van der Waals surface area contributed by atoms with Gasteiger partial charge in [0.15, 0.2) is 0 Å². The van der Waals surface area contributed by atoms with E-state index in [2.05, 4.69) is 16.9 Å². The van der Waals surface area contributed by atoms with Crippen molar-refractivity contribution in [3.05, 3.63) is 59.0 Å². The quantitative estimate of drug-likeness (QED) is 0.720. The van der Waals surface area contributed by atoms with E-state index in [1.54, 1.807) is 31.4 Å². The van der Waals surface area contributed by atoms with Crippen LogP contribution in [0.1, 0.15) is 15.2 Å². The molecule has 2 N–H and O–H groups in total. The molecule has 2 aromatic carbocycles. The number of benzene rings is 2. The van der Waals surface area contributed by atoms with Crippen LogP contribution in [-0.4, -0.2) is 13.0 Å². The molecule has 23 heavy (non-hydrogen) atoms. The summed E-state index contributed by atoms with van der Waals surface area (Å²) in [6, 6.07) is 16.5. The molecule has 0 aliphatic heterocycles. The van der Waals surface area contributed by atoms with Crippen LogP contribution in [0.5, 0.6) is 5.75 Å². The van der Waals surface area contributed by atoms with E-state index in [9.17, 15) is 4.79 Å². The highest BCUT2D eigenvalue weighted by atomic mass is 32.1. The van der Waals surface area contributed by atoms with E-state index in [4.69, 9.17) is 10.00 Å². The Hall–Kier alpha value is -3.04. The highest BCUT2D eigenvalue weighted by molar-refractivity contribution is 7.20. The fourth-order valence-electron chi connectivity index (χ4n) is 2.12. The number of fused-ring (bicyclic) bond motifs is 1. The average Bonchev–Trinajstić information content (AvgIpc) is 3.03. The van der Waals surface area contributed by atoms with Crippen molar-refractivity contribution in [2.45, 2.75) is 0 Å². The van der Waals surface area contributed by atoms with E-state index < -0.39 is 0 Å². The Bertz CT molecular complexity index is 912. The van der Waals surface area contributed by atoms with E-state index in [1.807, 2.05) is 24.3 Å². The second-order valence-electron chi connectivity index (χ2n) is 4.79. The van der Waals surface area contributed by atoms with Gasteiger partial charge in [-0.1, -0.05) is 6.07 Å². The molecule has 0 unspecified atom stereocenters. The summed E-state index contributed by atoms with van der Waals surface area (Å²) in [5.74, 6) is 0.529. The molecule has 0 saturated heterocycles. The first-order valence-corrected chi connectivity index (χ1v) is 7.65. The van der Waals surface area contributed by atoms with Gasteiger partial charge in [0.25, 0.3) is 5.91 Å². The van der Waals surface area contributed by atoms with Crippen LogP contribution in [0.4, 0.5) is 5.69 Å². The normalized spacial score (nSPS) is 10.1. The van der Waals surface area contributed by atoms with Gasteiger partial charge in [0.05, 0.1) is 29.3 Å². The number of rotatable bonds is 4. The van der Waals surface area contributed by atoms with Gasteiger partial charge in [0.1, 0.15) is 5.75 Å². The van der Waals surface area contributed by atoms with Gasteiger partial charge in [-0.15, -0.1) is 11.3 Å². The first kappa shape index (κ1) is 14.9. The van der Waals surface area contributed by atoms with Crippen molar-refractivity contribution in [1.82, 2.24) is 5.43 Å². The Balaban J connectivity index is 1.74. The number of hydrogen-bond acceptors (Lipinski definition) is 5. The zero-order valence-corrected chi connectivity index (χ0v) is 13.1. The summed E-state index contributed by atoms with van der Waals surface area (Å²) < 4.78 is 6.20. The molecule has 114 valence electrons. The molecule has 3 aromatic rings. The first-order valence-electron chi connectivity index (χ1n) is 6.84. The maximum atomic E-state index is 12.2. The Labute approximate surface area is 137 Å². The molecule has 1 heterocycles. The lowest BCUT2D eigenvalue weighted by Crippen LogP contribution is -2.28. The molecule has 0 spiro atoms. The summed E-state index contributed by atoms with van der Waals surface area (Å²) in [6.45, 7) is 0. The summed E-state index contributed by atoms with van der Waals surface area (Å²) >= 11 is 1.41. The minimum absolute atomic E-state index is 0.229. The summed E-state index contributed by atoms with van der Waals surface area (Å²) in [5, 5.41) is 9.83. The summed E-state index contributed by atoms with van der Waals surface area (Å²) in [6.07, 6.45) is 0. The standard InChI is InChI=1S/C17H13N3O2S/c1-22-14-5-6-15-12(8-14)9-16(23-15)17(21)20-19-13-4-2-3-11(7-13)10-18/h2-9,19H,1H3,(H,20,21). The fraction of sp³-hybridized carbons (Fsp3) is 0.0588. The molecule has 0 atom stereocenters. The van der Waals surface area contributed by atoms with Crippen molar-refractivity contribution in [1.29, 1.82) is 5.26 Å². The molecule has 1 amide bonds. The van der Waals surface area contributed by atoms with Crippen molar-refractivity contribution in [2.75, 3.05) is 12.5 Å². The van der Waals surface area contributed by atoms with E-state index in [-0.39, 0.29) is 5.91 Å². The zero-order chi connectivity index (χ0) is 16.2. The number of ether oxygens (including phenoxy) is 1. The topological polar surface area (TPSA) is 74.2 Å². The Morgan fingerprint density at radius 1 is 1.22 bits per heavy atom. The predicted octanol–water partition coefficient (Wildman–Crippen LogP) is 3.54. The van der Waals surface area contributed by atoms with E-state index >= 15 is 0 Å². The fourth-order valence-corrected chi connectivity index (χ4v) is 3.06. The number of amides is 1. The maximum absolute atomic E-state index is 12.2. The van der Waals surface area contributed by atoms with Gasteiger partial charge < -0.3 is 4.74 Å². The number of hydrazine groups is 1. The van der Waals surface area contributed by atoms with Crippen LogP contribution in [0.3, 0.4) is 0 Å². The van der Waals surface area contributed by atoms with Crippen molar-refractivity contribution in [3.63, 3.8) is 0 Å². The molecule has 0 saturated carbocycles. The first-order chi connectivity index (χ1) is 11.2. The van der Waals surface area contributed by atoms with Gasteiger partial charge >= 0.3 is 0 Å². The third kappa shape index (κ3) is 3.25. The number of carbonyl (C=O) groups excluding carboxylic acids is 1. The molecule has 6 heteroatoms. The molecule has 1 aromatic heterocycles. The molecule has 0 radical (unpaired) electrons. The molecule has 0 fully saturated rings. The SMILES string of the molecule is COc1ccc2sc(C(=O)NNc3cccc(C#N)c3)cc2c1. The van der Waals surface area contributed by atoms with Gasteiger partial charge in [-0.2, -0.15) is 5.26 Å². The lowest BCUT2D eigenvalue weighted by Gasteiger charge is -2.07. The molecule has 0 aliphatic rings. The van der Waals surface area contributed by atoms with Crippen LogP contribution in [0.15, 0.2) is 48.5 Å². The number of nitrogens with one attached hydrogen (secondary N) is 2. The maximum Gasteiger partial charge on any atom is 0.279 e. The van der Waals surface area contributed by atoms with Crippen LogP contribution in [0.2, 0.25) is 0 Å². The highest BCUT2D eigenvalue weighted by Gasteiger charge is 2.10. The summed E-state index contributed by atoms with van der Waals surface area (Å²) in [5.41, 5.74) is 6.63. The van der Waals surface area contributed by atoms with Gasteiger partial charge in [0.2, 0.25) is 0 Å². The van der Waals surface area contributed by atoms with Crippen LogP contribution < -0.4 is 15.6 Å². The van der Waals surface area contributed by atoms with Gasteiger partial charge in [-0.25, -0.2) is 0 Å². The Morgan fingerprint density at radius 3 is 2.87 bits per heavy atom. The smallest absolute Gasteiger partial charge is 0.279 e. The van der Waals surface area contributed by atoms with E-state index in [0.29, 0.717) is 16.1 Å². The predicted molar refractivity (Wildman–Crippen MR) is 90.6 cm³/mol. The van der Waals surface area contributed by atoms with E-state index in [1.165, 1.54) is 11.3 Å². The summed E-state index contributed by atoms with van der Waals surface area (Å²) in [7, 11) is 1.61. The number of hydrogen-bond donors (Lipinski definition) is 2. The number of nitrogens with zero attached hydrogens (tertiary/aromatic N) is 1. The lowest BCUT2D eigenvalue weighted by molar-refractivity contribution is 0.0966. The molecule has 3 rings (SSSR count). The monoisotopic (exact) mass is 323 g/mol. The highest BCUT2D eigenvalue weighted by Crippen LogP contribution is 2.28. The lowest BCUT2D eigenvalue weighted by atomic mass is 10.2. The van der Waals surface area contributed by atoms with Crippen LogP contribution >= 0.6 is 11.3 Å². The number of anilines is 1. The minimum atomic E-state index is -0.229. The molecular formula is C17H13N3O2S. The van der Waals surface area contributed by atoms with Gasteiger partial charge in [-0.05, 0) is 47.9 Å².